The van der Waals surface area contributed by atoms with Crippen LogP contribution in [-0.2, 0) is 9.84 Å². The number of hydrogen-bond acceptors (Lipinski definition) is 5. The van der Waals surface area contributed by atoms with Gasteiger partial charge in [-0.2, -0.15) is 0 Å². The average molecular weight is 306 g/mol. The summed E-state index contributed by atoms with van der Waals surface area (Å²) in [6.45, 7) is 2.60. The summed E-state index contributed by atoms with van der Waals surface area (Å²) in [6.07, 6.45) is 1.11. The first-order valence-electron chi connectivity index (χ1n) is 5.70. The lowest BCUT2D eigenvalue weighted by Gasteiger charge is -2.08. The molecule has 8 heteroatoms. The molecular formula is C11H16ClN3O3S. The summed E-state index contributed by atoms with van der Waals surface area (Å²) in [6, 6.07) is 3.23. The number of nitrogens with zero attached hydrogens (tertiary/aromatic N) is 1. The van der Waals surface area contributed by atoms with Crippen LogP contribution in [0.15, 0.2) is 12.1 Å². The van der Waals surface area contributed by atoms with E-state index in [1.165, 1.54) is 0 Å². The van der Waals surface area contributed by atoms with Crippen LogP contribution in [0.3, 0.4) is 0 Å². The third-order valence-corrected chi connectivity index (χ3v) is 3.43. The van der Waals surface area contributed by atoms with Crippen molar-refractivity contribution in [1.82, 2.24) is 10.3 Å². The van der Waals surface area contributed by atoms with Crippen molar-refractivity contribution in [2.45, 2.75) is 6.92 Å². The molecule has 0 spiro atoms. The van der Waals surface area contributed by atoms with Gasteiger partial charge in [0.25, 0.3) is 5.91 Å². The molecule has 1 rings (SSSR count). The molecule has 0 aliphatic heterocycles. The van der Waals surface area contributed by atoms with E-state index < -0.39 is 15.7 Å². The zero-order valence-corrected chi connectivity index (χ0v) is 12.3. The number of carbonyl (C=O) groups excluding carboxylic acids is 1. The summed E-state index contributed by atoms with van der Waals surface area (Å²) in [4.78, 5) is 15.9. The van der Waals surface area contributed by atoms with Gasteiger partial charge in [-0.3, -0.25) is 4.79 Å². The van der Waals surface area contributed by atoms with E-state index in [4.69, 9.17) is 11.6 Å². The number of nitrogens with one attached hydrogen (secondary N) is 2. The summed E-state index contributed by atoms with van der Waals surface area (Å²) in [5, 5.41) is 5.66. The molecule has 0 atom stereocenters. The van der Waals surface area contributed by atoms with Gasteiger partial charge in [-0.05, 0) is 19.1 Å². The molecular weight excluding hydrogens is 290 g/mol. The molecule has 106 valence electrons. The third kappa shape index (κ3) is 5.44. The highest BCUT2D eigenvalue weighted by atomic mass is 35.5. The molecule has 1 heterocycles. The monoisotopic (exact) mass is 305 g/mol. The van der Waals surface area contributed by atoms with Gasteiger partial charge in [-0.15, -0.1) is 0 Å². The molecule has 0 radical (unpaired) electrons. The number of halogens is 1. The minimum atomic E-state index is -3.11. The van der Waals surface area contributed by atoms with E-state index in [0.29, 0.717) is 12.4 Å². The van der Waals surface area contributed by atoms with Gasteiger partial charge < -0.3 is 10.6 Å². The van der Waals surface area contributed by atoms with Gasteiger partial charge in [0.2, 0.25) is 0 Å². The maximum Gasteiger partial charge on any atom is 0.271 e. The molecule has 0 bridgehead atoms. The number of aromatic nitrogens is 1. The Labute approximate surface area is 117 Å². The van der Waals surface area contributed by atoms with Gasteiger partial charge in [0, 0.05) is 19.3 Å². The fourth-order valence-corrected chi connectivity index (χ4v) is 1.98. The molecule has 0 saturated heterocycles. The normalized spacial score (nSPS) is 11.1. The lowest BCUT2D eigenvalue weighted by atomic mass is 10.3. The van der Waals surface area contributed by atoms with Crippen molar-refractivity contribution in [1.29, 1.82) is 0 Å². The number of carbonyl (C=O) groups is 1. The lowest BCUT2D eigenvalue weighted by Crippen LogP contribution is -2.29. The maximum absolute atomic E-state index is 11.8. The van der Waals surface area contributed by atoms with Crippen LogP contribution in [0.5, 0.6) is 0 Å². The first kappa shape index (κ1) is 15.7. The molecule has 1 amide bonds. The summed E-state index contributed by atoms with van der Waals surface area (Å²) in [5.41, 5.74) is 0.0774. The van der Waals surface area contributed by atoms with Gasteiger partial charge in [-0.1, -0.05) is 11.6 Å². The van der Waals surface area contributed by atoms with Crippen molar-refractivity contribution < 1.29 is 13.2 Å². The Bertz CT molecular complexity index is 560. The van der Waals surface area contributed by atoms with Gasteiger partial charge in [0.1, 0.15) is 21.3 Å². The van der Waals surface area contributed by atoms with Crippen LogP contribution in [0, 0.1) is 0 Å². The molecule has 6 nitrogen and oxygen atoms in total. The van der Waals surface area contributed by atoms with Crippen LogP contribution >= 0.6 is 11.6 Å². The number of hydrogen-bond donors (Lipinski definition) is 2. The number of rotatable bonds is 6. The molecule has 0 unspecified atom stereocenters. The smallest absolute Gasteiger partial charge is 0.271 e. The van der Waals surface area contributed by atoms with Gasteiger partial charge in [0.15, 0.2) is 0 Å². The maximum atomic E-state index is 11.8. The summed E-state index contributed by atoms with van der Waals surface area (Å²) < 4.78 is 21.9. The molecule has 1 aromatic rings. The fraction of sp³-hybridized carbons (Fsp3) is 0.455. The zero-order chi connectivity index (χ0) is 14.5. The molecule has 0 saturated carbocycles. The number of amides is 1. The number of sulfone groups is 1. The Balaban J connectivity index is 2.73. The van der Waals surface area contributed by atoms with Crippen LogP contribution in [0.2, 0.25) is 5.02 Å². The largest absolute Gasteiger partial charge is 0.370 e. The third-order valence-electron chi connectivity index (χ3n) is 2.18. The predicted molar refractivity (Wildman–Crippen MR) is 75.5 cm³/mol. The Kier molecular flexibility index (Phi) is 5.56. The number of pyridine rings is 1. The Morgan fingerprint density at radius 1 is 1.42 bits per heavy atom. The van der Waals surface area contributed by atoms with Crippen molar-refractivity contribution in [3.8, 4) is 0 Å². The zero-order valence-electron chi connectivity index (χ0n) is 10.7. The topological polar surface area (TPSA) is 88.2 Å². The first-order chi connectivity index (χ1) is 8.83. The van der Waals surface area contributed by atoms with Gasteiger partial charge in [0.05, 0.1) is 10.8 Å². The predicted octanol–water partition coefficient (Wildman–Crippen LogP) is 0.941. The Hall–Kier alpha value is -1.34. The molecule has 0 aliphatic rings. The minimum Gasteiger partial charge on any atom is -0.370 e. The first-order valence-corrected chi connectivity index (χ1v) is 8.13. The van der Waals surface area contributed by atoms with Gasteiger partial charge >= 0.3 is 0 Å². The van der Waals surface area contributed by atoms with Gasteiger partial charge in [-0.25, -0.2) is 13.4 Å². The molecule has 0 aliphatic carbocycles. The second-order valence-electron chi connectivity index (χ2n) is 3.94. The standard InChI is InChI=1S/C11H16ClN3O3S/c1-3-13-9-5-4-8(12)10(15-9)11(16)14-6-7-19(2,17)18/h4-5H,3,6-7H2,1-2H3,(H,13,15)(H,14,16). The average Bonchev–Trinajstić information content (AvgIpc) is 2.30. The van der Waals surface area contributed by atoms with E-state index in [9.17, 15) is 13.2 Å². The highest BCUT2D eigenvalue weighted by molar-refractivity contribution is 7.90. The van der Waals surface area contributed by atoms with Crippen molar-refractivity contribution in [2.75, 3.05) is 30.4 Å². The molecule has 2 N–H and O–H groups in total. The quantitative estimate of drug-likeness (QED) is 0.816. The Morgan fingerprint density at radius 2 is 2.11 bits per heavy atom. The second-order valence-corrected chi connectivity index (χ2v) is 6.61. The van der Waals surface area contributed by atoms with Crippen LogP contribution in [0.1, 0.15) is 17.4 Å². The molecule has 1 aromatic heterocycles. The van der Waals surface area contributed by atoms with E-state index in [0.717, 1.165) is 6.26 Å². The number of anilines is 1. The molecule has 0 fully saturated rings. The SMILES string of the molecule is CCNc1ccc(Cl)c(C(=O)NCCS(C)(=O)=O)n1. The lowest BCUT2D eigenvalue weighted by molar-refractivity contribution is 0.0951. The van der Waals surface area contributed by atoms with E-state index in [2.05, 4.69) is 15.6 Å². The van der Waals surface area contributed by atoms with E-state index in [-0.39, 0.29) is 23.0 Å². The van der Waals surface area contributed by atoms with Crippen molar-refractivity contribution >= 4 is 33.2 Å². The van der Waals surface area contributed by atoms with E-state index in [1.807, 2.05) is 6.92 Å². The van der Waals surface area contributed by atoms with Crippen LogP contribution < -0.4 is 10.6 Å². The Morgan fingerprint density at radius 3 is 2.68 bits per heavy atom. The van der Waals surface area contributed by atoms with E-state index in [1.54, 1.807) is 12.1 Å². The summed E-state index contributed by atoms with van der Waals surface area (Å²) >= 11 is 5.89. The molecule has 0 aromatic carbocycles. The van der Waals surface area contributed by atoms with Crippen molar-refractivity contribution in [3.05, 3.63) is 22.8 Å². The summed E-state index contributed by atoms with van der Waals surface area (Å²) in [5.74, 6) is -0.0722. The van der Waals surface area contributed by atoms with Crippen LogP contribution in [0.4, 0.5) is 5.82 Å². The van der Waals surface area contributed by atoms with Crippen molar-refractivity contribution in [3.63, 3.8) is 0 Å². The van der Waals surface area contributed by atoms with Crippen LogP contribution in [-0.4, -0.2) is 44.4 Å². The van der Waals surface area contributed by atoms with Crippen molar-refractivity contribution in [2.24, 2.45) is 0 Å². The highest BCUT2D eigenvalue weighted by Crippen LogP contribution is 2.16. The molecule has 19 heavy (non-hydrogen) atoms. The second kappa shape index (κ2) is 6.72. The minimum absolute atomic E-state index is 0.0289. The fourth-order valence-electron chi connectivity index (χ4n) is 1.31. The van der Waals surface area contributed by atoms with E-state index >= 15 is 0 Å². The summed E-state index contributed by atoms with van der Waals surface area (Å²) in [7, 11) is -3.11. The highest BCUT2D eigenvalue weighted by Gasteiger charge is 2.13. The van der Waals surface area contributed by atoms with Crippen LogP contribution in [0.25, 0.3) is 0 Å².